The van der Waals surface area contributed by atoms with E-state index in [0.717, 1.165) is 30.7 Å². The van der Waals surface area contributed by atoms with Crippen LogP contribution in [0.15, 0.2) is 6.20 Å². The van der Waals surface area contributed by atoms with Crippen LogP contribution < -0.4 is 5.32 Å². The standard InChI is InChI=1S/C14H24N2OS2/c1-17-8-7-15-9-13-10-16-14(19-13)11-18-12-5-3-2-4-6-12/h10,12,15H,2-9,11H2,1H3. The van der Waals surface area contributed by atoms with Crippen LogP contribution in [0.2, 0.25) is 0 Å². The fourth-order valence-corrected chi connectivity index (χ4v) is 4.55. The first-order valence-electron chi connectivity index (χ1n) is 7.13. The first-order valence-corrected chi connectivity index (χ1v) is 9.00. The number of hydrogen-bond acceptors (Lipinski definition) is 5. The van der Waals surface area contributed by atoms with E-state index >= 15 is 0 Å². The van der Waals surface area contributed by atoms with E-state index in [1.807, 2.05) is 17.5 Å². The minimum absolute atomic E-state index is 0.767. The van der Waals surface area contributed by atoms with Gasteiger partial charge in [0.05, 0.1) is 6.61 Å². The molecule has 0 radical (unpaired) electrons. The molecule has 0 bridgehead atoms. The van der Waals surface area contributed by atoms with E-state index in [1.165, 1.54) is 42.0 Å². The molecule has 0 aromatic carbocycles. The van der Waals surface area contributed by atoms with Crippen molar-refractivity contribution < 1.29 is 4.74 Å². The normalized spacial score (nSPS) is 16.9. The third kappa shape index (κ3) is 5.81. The summed E-state index contributed by atoms with van der Waals surface area (Å²) in [5.74, 6) is 1.09. The molecular weight excluding hydrogens is 276 g/mol. The van der Waals surface area contributed by atoms with E-state index in [4.69, 9.17) is 4.74 Å². The van der Waals surface area contributed by atoms with E-state index in [1.54, 1.807) is 7.11 Å². The van der Waals surface area contributed by atoms with Crippen molar-refractivity contribution in [2.24, 2.45) is 0 Å². The second kappa shape index (κ2) is 8.95. The van der Waals surface area contributed by atoms with Gasteiger partial charge < -0.3 is 10.1 Å². The third-order valence-corrected chi connectivity index (χ3v) is 5.94. The molecular formula is C14H24N2OS2. The first-order chi connectivity index (χ1) is 9.38. The molecule has 0 amide bonds. The van der Waals surface area contributed by atoms with Crippen LogP contribution in [0.5, 0.6) is 0 Å². The van der Waals surface area contributed by atoms with Crippen molar-refractivity contribution in [3.05, 3.63) is 16.1 Å². The van der Waals surface area contributed by atoms with Gasteiger partial charge in [0.25, 0.3) is 0 Å². The van der Waals surface area contributed by atoms with Gasteiger partial charge in [-0.05, 0) is 12.8 Å². The number of thioether (sulfide) groups is 1. The van der Waals surface area contributed by atoms with Gasteiger partial charge in [0.1, 0.15) is 5.01 Å². The first kappa shape index (κ1) is 15.3. The Balaban J connectivity index is 1.65. The average Bonchev–Trinajstić information content (AvgIpc) is 2.91. The SMILES string of the molecule is COCCNCc1cnc(CSC2CCCCC2)s1. The van der Waals surface area contributed by atoms with Crippen LogP contribution in [0.3, 0.4) is 0 Å². The quantitative estimate of drug-likeness (QED) is 0.746. The summed E-state index contributed by atoms with van der Waals surface area (Å²) in [4.78, 5) is 5.85. The molecule has 1 aromatic heterocycles. The zero-order valence-electron chi connectivity index (χ0n) is 11.7. The number of rotatable bonds is 8. The van der Waals surface area contributed by atoms with Crippen LogP contribution in [0.1, 0.15) is 42.0 Å². The van der Waals surface area contributed by atoms with Gasteiger partial charge in [-0.2, -0.15) is 11.8 Å². The van der Waals surface area contributed by atoms with Gasteiger partial charge in [0, 0.05) is 42.3 Å². The van der Waals surface area contributed by atoms with Crippen molar-refractivity contribution in [1.29, 1.82) is 0 Å². The molecule has 108 valence electrons. The highest BCUT2D eigenvalue weighted by atomic mass is 32.2. The largest absolute Gasteiger partial charge is 0.383 e. The van der Waals surface area contributed by atoms with E-state index in [-0.39, 0.29) is 0 Å². The number of thiazole rings is 1. The minimum atomic E-state index is 0.767. The Morgan fingerprint density at radius 3 is 3.05 bits per heavy atom. The topological polar surface area (TPSA) is 34.1 Å². The number of ether oxygens (including phenoxy) is 1. The van der Waals surface area contributed by atoms with Gasteiger partial charge in [-0.25, -0.2) is 4.98 Å². The number of nitrogens with zero attached hydrogens (tertiary/aromatic N) is 1. The summed E-state index contributed by atoms with van der Waals surface area (Å²) in [5, 5.41) is 5.51. The second-order valence-corrected chi connectivity index (χ2v) is 7.45. The molecule has 0 saturated heterocycles. The van der Waals surface area contributed by atoms with Gasteiger partial charge in [-0.1, -0.05) is 19.3 Å². The van der Waals surface area contributed by atoms with Crippen molar-refractivity contribution in [2.75, 3.05) is 20.3 Å². The fourth-order valence-electron chi connectivity index (χ4n) is 2.30. The highest BCUT2D eigenvalue weighted by Gasteiger charge is 2.14. The summed E-state index contributed by atoms with van der Waals surface area (Å²) in [6, 6.07) is 0. The molecule has 0 atom stereocenters. The monoisotopic (exact) mass is 300 g/mol. The Labute approximate surface area is 124 Å². The summed E-state index contributed by atoms with van der Waals surface area (Å²) in [6.45, 7) is 2.58. The molecule has 1 fully saturated rings. The van der Waals surface area contributed by atoms with Crippen LogP contribution >= 0.6 is 23.1 Å². The maximum absolute atomic E-state index is 5.01. The van der Waals surface area contributed by atoms with E-state index in [2.05, 4.69) is 22.1 Å². The average molecular weight is 300 g/mol. The summed E-state index contributed by atoms with van der Waals surface area (Å²) in [7, 11) is 1.73. The van der Waals surface area contributed by atoms with Crippen LogP contribution in [0.25, 0.3) is 0 Å². The number of nitrogens with one attached hydrogen (secondary N) is 1. The van der Waals surface area contributed by atoms with Crippen molar-refractivity contribution in [3.8, 4) is 0 Å². The lowest BCUT2D eigenvalue weighted by molar-refractivity contribution is 0.199. The smallest absolute Gasteiger partial charge is 0.103 e. The number of methoxy groups -OCH3 is 1. The maximum Gasteiger partial charge on any atom is 0.103 e. The maximum atomic E-state index is 5.01. The Hall–Kier alpha value is -0.100. The Morgan fingerprint density at radius 1 is 1.42 bits per heavy atom. The number of hydrogen-bond donors (Lipinski definition) is 1. The summed E-state index contributed by atoms with van der Waals surface area (Å²) in [5.41, 5.74) is 0. The van der Waals surface area contributed by atoms with E-state index in [0.29, 0.717) is 0 Å². The molecule has 1 heterocycles. The summed E-state index contributed by atoms with van der Waals surface area (Å²) < 4.78 is 5.01. The molecule has 1 aliphatic rings. The van der Waals surface area contributed by atoms with Crippen molar-refractivity contribution in [3.63, 3.8) is 0 Å². The molecule has 3 nitrogen and oxygen atoms in total. The van der Waals surface area contributed by atoms with Crippen molar-refractivity contribution in [1.82, 2.24) is 10.3 Å². The molecule has 1 saturated carbocycles. The summed E-state index contributed by atoms with van der Waals surface area (Å²) >= 11 is 3.95. The van der Waals surface area contributed by atoms with Crippen LogP contribution in [-0.2, 0) is 17.0 Å². The Kier molecular flexibility index (Phi) is 7.20. The Bertz CT molecular complexity index is 351. The van der Waals surface area contributed by atoms with Crippen LogP contribution in [0, 0.1) is 0 Å². The molecule has 0 aliphatic heterocycles. The fraction of sp³-hybridized carbons (Fsp3) is 0.786. The molecule has 19 heavy (non-hydrogen) atoms. The molecule has 1 aromatic rings. The van der Waals surface area contributed by atoms with Crippen LogP contribution in [0.4, 0.5) is 0 Å². The van der Waals surface area contributed by atoms with Crippen molar-refractivity contribution >= 4 is 23.1 Å². The predicted octanol–water partition coefficient (Wildman–Crippen LogP) is 3.45. The molecule has 1 N–H and O–H groups in total. The van der Waals surface area contributed by atoms with Gasteiger partial charge >= 0.3 is 0 Å². The zero-order chi connectivity index (χ0) is 13.3. The number of aromatic nitrogens is 1. The minimum Gasteiger partial charge on any atom is -0.383 e. The highest BCUT2D eigenvalue weighted by molar-refractivity contribution is 7.99. The van der Waals surface area contributed by atoms with Crippen LogP contribution in [-0.4, -0.2) is 30.5 Å². The van der Waals surface area contributed by atoms with Crippen molar-refractivity contribution in [2.45, 2.75) is 49.7 Å². The van der Waals surface area contributed by atoms with Gasteiger partial charge in [-0.3, -0.25) is 0 Å². The lowest BCUT2D eigenvalue weighted by Gasteiger charge is -2.20. The third-order valence-electron chi connectivity index (χ3n) is 3.38. The molecule has 5 heteroatoms. The van der Waals surface area contributed by atoms with Gasteiger partial charge in [-0.15, -0.1) is 11.3 Å². The summed E-state index contributed by atoms with van der Waals surface area (Å²) in [6.07, 6.45) is 9.10. The molecule has 2 rings (SSSR count). The molecule has 0 spiro atoms. The lowest BCUT2D eigenvalue weighted by Crippen LogP contribution is -2.17. The van der Waals surface area contributed by atoms with E-state index in [9.17, 15) is 0 Å². The highest BCUT2D eigenvalue weighted by Crippen LogP contribution is 2.31. The molecule has 0 unspecified atom stereocenters. The van der Waals surface area contributed by atoms with E-state index < -0.39 is 0 Å². The molecule has 1 aliphatic carbocycles. The van der Waals surface area contributed by atoms with Gasteiger partial charge in [0.2, 0.25) is 0 Å². The second-order valence-electron chi connectivity index (χ2n) is 4.96. The Morgan fingerprint density at radius 2 is 2.26 bits per heavy atom. The zero-order valence-corrected chi connectivity index (χ0v) is 13.3. The predicted molar refractivity (Wildman–Crippen MR) is 83.9 cm³/mol. The lowest BCUT2D eigenvalue weighted by atomic mass is 10.0. The van der Waals surface area contributed by atoms with Gasteiger partial charge in [0.15, 0.2) is 0 Å².